The SMILES string of the molecule is CC.CC1=C2C=CN=CC2N(C)C(c2occc2C)=C1.CCCC.CCCCCCCCc1cccc(-c2ccc(C)c(C3=CC(c4ccc5ccccc5c4)=C4C=C(c5c(C)cccc5C)NCC4N3CC)c2)c1. The zero-order chi connectivity index (χ0) is 53.4. The fourth-order valence-electron chi connectivity index (χ4n) is 10.9. The lowest BCUT2D eigenvalue weighted by Crippen LogP contribution is -2.46. The van der Waals surface area contributed by atoms with Crippen molar-refractivity contribution in [3.05, 3.63) is 213 Å². The minimum atomic E-state index is 0.208. The molecule has 5 heterocycles. The number of aliphatic imine (C=N–C) groups is 1. The van der Waals surface area contributed by atoms with Gasteiger partial charge in [0.25, 0.3) is 0 Å². The third-order valence-electron chi connectivity index (χ3n) is 15.3. The van der Waals surface area contributed by atoms with Gasteiger partial charge in [-0.1, -0.05) is 171 Å². The Kier molecular flexibility index (Phi) is 20.2. The summed E-state index contributed by atoms with van der Waals surface area (Å²) >= 11 is 0. The van der Waals surface area contributed by atoms with Crippen molar-refractivity contribution in [1.82, 2.24) is 15.1 Å². The van der Waals surface area contributed by atoms with Gasteiger partial charge in [0.2, 0.25) is 0 Å². The fraction of sp³-hybridized carbons (Fsp3) is 0.357. The molecule has 0 spiro atoms. The third-order valence-corrected chi connectivity index (χ3v) is 15.3. The molecule has 0 saturated heterocycles. The van der Waals surface area contributed by atoms with E-state index in [4.69, 9.17) is 4.42 Å². The molecule has 4 aliphatic rings. The van der Waals surface area contributed by atoms with Gasteiger partial charge >= 0.3 is 0 Å². The van der Waals surface area contributed by atoms with Gasteiger partial charge in [-0.25, -0.2) is 0 Å². The lowest BCUT2D eigenvalue weighted by atomic mass is 9.83. The molecule has 6 aromatic rings. The summed E-state index contributed by atoms with van der Waals surface area (Å²) in [6, 6.07) is 41.1. The summed E-state index contributed by atoms with van der Waals surface area (Å²) in [7, 11) is 2.08. The van der Waals surface area contributed by atoms with Crippen LogP contribution in [-0.4, -0.2) is 48.2 Å². The monoisotopic (exact) mass is 999 g/mol. The average molecular weight is 999 g/mol. The van der Waals surface area contributed by atoms with E-state index >= 15 is 0 Å². The number of benzene rings is 5. The summed E-state index contributed by atoms with van der Waals surface area (Å²) in [5.74, 6) is 0.943. The van der Waals surface area contributed by atoms with Gasteiger partial charge in [0.15, 0.2) is 5.76 Å². The molecule has 5 aromatic carbocycles. The number of nitrogens with zero attached hydrogens (tertiary/aromatic N) is 3. The molecule has 0 aliphatic carbocycles. The molecule has 2 unspecified atom stereocenters. The Labute approximate surface area is 452 Å². The predicted octanol–water partition coefficient (Wildman–Crippen LogP) is 18.5. The van der Waals surface area contributed by atoms with Gasteiger partial charge in [-0.05, 0) is 174 Å². The second-order valence-electron chi connectivity index (χ2n) is 20.5. The maximum atomic E-state index is 5.61. The third kappa shape index (κ3) is 13.2. The van der Waals surface area contributed by atoms with E-state index in [0.29, 0.717) is 0 Å². The summed E-state index contributed by atoms with van der Waals surface area (Å²) in [4.78, 5) is 9.09. The van der Waals surface area contributed by atoms with Crippen LogP contribution < -0.4 is 5.32 Å². The fourth-order valence-corrected chi connectivity index (χ4v) is 10.9. The van der Waals surface area contributed by atoms with Crippen LogP contribution in [0.4, 0.5) is 0 Å². The Bertz CT molecular complexity index is 3090. The largest absolute Gasteiger partial charge is 0.463 e. The zero-order valence-electron chi connectivity index (χ0n) is 47.6. The van der Waals surface area contributed by atoms with Crippen LogP contribution in [0.5, 0.6) is 0 Å². The molecule has 5 heteroatoms. The molecule has 10 rings (SSSR count). The molecule has 5 nitrogen and oxygen atoms in total. The smallest absolute Gasteiger partial charge is 0.152 e. The molecule has 0 bridgehead atoms. The number of fused-ring (bicyclic) bond motifs is 3. The Hall–Kier alpha value is -6.85. The van der Waals surface area contributed by atoms with E-state index < -0.39 is 0 Å². The van der Waals surface area contributed by atoms with Crippen LogP contribution in [0, 0.1) is 27.7 Å². The minimum Gasteiger partial charge on any atom is -0.463 e. The number of nitrogens with one attached hydrogen (secondary N) is 1. The molecule has 4 aliphatic heterocycles. The molecular formula is C70H86N4O. The number of hydrogen-bond acceptors (Lipinski definition) is 5. The minimum absolute atomic E-state index is 0.208. The topological polar surface area (TPSA) is 44.0 Å². The van der Waals surface area contributed by atoms with Crippen LogP contribution in [0.1, 0.15) is 150 Å². The highest BCUT2D eigenvalue weighted by atomic mass is 16.3. The Morgan fingerprint density at radius 3 is 2.04 bits per heavy atom. The molecule has 1 N–H and O–H groups in total. The quantitative estimate of drug-likeness (QED) is 0.110. The van der Waals surface area contributed by atoms with E-state index in [2.05, 4.69) is 217 Å². The van der Waals surface area contributed by atoms with Gasteiger partial charge < -0.3 is 19.5 Å². The van der Waals surface area contributed by atoms with Gasteiger partial charge in [-0.3, -0.25) is 4.99 Å². The Morgan fingerprint density at radius 2 is 1.32 bits per heavy atom. The van der Waals surface area contributed by atoms with Gasteiger partial charge in [-0.15, -0.1) is 0 Å². The number of furan rings is 1. The average Bonchev–Trinajstić information content (AvgIpc) is 3.88. The van der Waals surface area contributed by atoms with Crippen LogP contribution in [-0.2, 0) is 6.42 Å². The second kappa shape index (κ2) is 27.1. The first-order chi connectivity index (χ1) is 36.5. The van der Waals surface area contributed by atoms with E-state index in [-0.39, 0.29) is 12.1 Å². The number of rotatable bonds is 14. The van der Waals surface area contributed by atoms with E-state index in [9.17, 15) is 0 Å². The number of hydrogen-bond donors (Lipinski definition) is 1. The standard InChI is InChI=1S/C49H54N2.C15H16N2O.C4H10.C2H6/c1-6-8-9-10-11-12-19-37-20-16-23-39(28-37)41-25-24-34(3)43(30-41)47-32-44(42-27-26-38-21-13-14-22-40(38)29-42)45-31-46(50-33-48(45)51(47)7-2)49-35(4)17-15-18-36(49)5;1-10-5-7-18-15(10)13-8-11(2)12-4-6-16-9-14(12)17(13)3;1-3-4-2;1-2/h13-18,20-32,48,50H,6-12,19,33H2,1-5H3;4-9,14H,1-3H3;3-4H2,1-2H3;1-2H3. The van der Waals surface area contributed by atoms with Crippen LogP contribution in [0.25, 0.3) is 44.6 Å². The van der Waals surface area contributed by atoms with Crippen LogP contribution in [0.2, 0.25) is 0 Å². The summed E-state index contributed by atoms with van der Waals surface area (Å²) in [6.45, 7) is 25.7. The van der Waals surface area contributed by atoms with Crippen LogP contribution in [0.3, 0.4) is 0 Å². The van der Waals surface area contributed by atoms with Crippen molar-refractivity contribution in [2.24, 2.45) is 4.99 Å². The van der Waals surface area contributed by atoms with Crippen molar-refractivity contribution in [1.29, 1.82) is 0 Å². The van der Waals surface area contributed by atoms with Crippen molar-refractivity contribution in [2.75, 3.05) is 20.1 Å². The Morgan fingerprint density at radius 1 is 0.613 bits per heavy atom. The molecule has 392 valence electrons. The van der Waals surface area contributed by atoms with E-state index in [1.807, 2.05) is 32.3 Å². The molecule has 75 heavy (non-hydrogen) atoms. The summed E-state index contributed by atoms with van der Waals surface area (Å²) in [5, 5.41) is 6.45. The zero-order valence-corrected chi connectivity index (χ0v) is 47.6. The number of unbranched alkanes of at least 4 members (excludes halogenated alkanes) is 6. The van der Waals surface area contributed by atoms with Gasteiger partial charge in [-0.2, -0.15) is 0 Å². The first-order valence-corrected chi connectivity index (χ1v) is 28.4. The lowest BCUT2D eigenvalue weighted by molar-refractivity contribution is 0.336. The first-order valence-electron chi connectivity index (χ1n) is 28.4. The first kappa shape index (κ1) is 55.9. The van der Waals surface area contributed by atoms with Crippen LogP contribution in [0.15, 0.2) is 172 Å². The maximum Gasteiger partial charge on any atom is 0.152 e. The normalized spacial score (nSPS) is 16.6. The van der Waals surface area contributed by atoms with Crippen molar-refractivity contribution in [3.8, 4) is 11.1 Å². The highest BCUT2D eigenvalue weighted by Crippen LogP contribution is 2.43. The van der Waals surface area contributed by atoms with Crippen LogP contribution >= 0.6 is 0 Å². The lowest BCUT2D eigenvalue weighted by Gasteiger charge is -2.43. The molecule has 0 amide bonds. The molecule has 1 aromatic heterocycles. The van der Waals surface area contributed by atoms with E-state index in [1.165, 1.54) is 146 Å². The van der Waals surface area contributed by atoms with Crippen molar-refractivity contribution >= 4 is 39.7 Å². The summed E-state index contributed by atoms with van der Waals surface area (Å²) in [5.41, 5.74) is 22.0. The van der Waals surface area contributed by atoms with E-state index in [1.54, 1.807) is 6.26 Å². The molecule has 0 saturated carbocycles. The molecule has 0 radical (unpaired) electrons. The van der Waals surface area contributed by atoms with Crippen molar-refractivity contribution < 1.29 is 4.42 Å². The van der Waals surface area contributed by atoms with Crippen molar-refractivity contribution in [2.45, 2.75) is 146 Å². The van der Waals surface area contributed by atoms with Gasteiger partial charge in [0.05, 0.1) is 24.0 Å². The molecule has 2 atom stereocenters. The Balaban J connectivity index is 0.000000282. The predicted molar refractivity (Wildman–Crippen MR) is 326 cm³/mol. The maximum absolute atomic E-state index is 5.61. The van der Waals surface area contributed by atoms with E-state index in [0.717, 1.165) is 36.5 Å². The summed E-state index contributed by atoms with van der Waals surface area (Å²) in [6.07, 6.45) is 26.5. The van der Waals surface area contributed by atoms with Gasteiger partial charge in [0.1, 0.15) is 0 Å². The highest BCUT2D eigenvalue weighted by Gasteiger charge is 2.34. The molecule has 0 fully saturated rings. The molecular weight excluding hydrogens is 913 g/mol. The number of aryl methyl sites for hydroxylation is 5. The van der Waals surface area contributed by atoms with Crippen molar-refractivity contribution in [3.63, 3.8) is 0 Å². The number of likely N-dealkylation sites (N-methyl/N-ethyl adjacent to an activating group) is 2. The second-order valence-corrected chi connectivity index (χ2v) is 20.5. The van der Waals surface area contributed by atoms with Gasteiger partial charge in [0, 0.05) is 55.1 Å². The highest BCUT2D eigenvalue weighted by molar-refractivity contribution is 5.95. The number of allylic oxidation sites excluding steroid dienone is 4. The summed E-state index contributed by atoms with van der Waals surface area (Å²) < 4.78 is 5.61.